The van der Waals surface area contributed by atoms with Crippen LogP contribution in [0.5, 0.6) is 5.88 Å². The fourth-order valence-corrected chi connectivity index (χ4v) is 3.49. The second-order valence-electron chi connectivity index (χ2n) is 8.23. The zero-order valence-corrected chi connectivity index (χ0v) is 19.1. The summed E-state index contributed by atoms with van der Waals surface area (Å²) in [4.78, 5) is 41.2. The lowest BCUT2D eigenvalue weighted by molar-refractivity contribution is 0.101. The van der Waals surface area contributed by atoms with E-state index in [9.17, 15) is 9.59 Å². The summed E-state index contributed by atoms with van der Waals surface area (Å²) >= 11 is 0. The lowest BCUT2D eigenvalue weighted by atomic mass is 10.1. The topological polar surface area (TPSA) is 116 Å². The number of H-pyrrole nitrogens is 1. The van der Waals surface area contributed by atoms with E-state index in [1.807, 2.05) is 39.0 Å². The van der Waals surface area contributed by atoms with E-state index in [-0.39, 0.29) is 28.6 Å². The number of nitrogens with one attached hydrogen (secondary N) is 1. The second kappa shape index (κ2) is 9.32. The molecule has 0 spiro atoms. The first-order valence-corrected chi connectivity index (χ1v) is 10.9. The van der Waals surface area contributed by atoms with E-state index in [2.05, 4.69) is 20.1 Å². The number of ether oxygens (including phenoxy) is 1. The molecule has 0 fully saturated rings. The molecule has 4 aromatic rings. The minimum Gasteiger partial charge on any atom is -0.477 e. The summed E-state index contributed by atoms with van der Waals surface area (Å²) < 4.78 is 7.63. The SMILES string of the molecule is CCc1c2nc(-c3cc(C(C)=O)cnc3OCC(C)C)[nH]c(=O)c2nn1Cc1ccccn1. The number of Topliss-reactive ketones (excluding diaryl/α,β-unsaturated/α-hetero) is 1. The molecule has 170 valence electrons. The van der Waals surface area contributed by atoms with Crippen molar-refractivity contribution in [3.63, 3.8) is 0 Å². The van der Waals surface area contributed by atoms with Crippen molar-refractivity contribution in [2.24, 2.45) is 5.92 Å². The number of aryl methyl sites for hydroxylation is 1. The van der Waals surface area contributed by atoms with E-state index < -0.39 is 0 Å². The number of nitrogens with zero attached hydrogens (tertiary/aromatic N) is 5. The minimum absolute atomic E-state index is 0.139. The summed E-state index contributed by atoms with van der Waals surface area (Å²) in [5, 5.41) is 4.51. The fourth-order valence-electron chi connectivity index (χ4n) is 3.49. The van der Waals surface area contributed by atoms with Gasteiger partial charge in [0.05, 0.1) is 30.1 Å². The predicted octanol–water partition coefficient (Wildman–Crippen LogP) is 3.42. The number of carbonyl (C=O) groups is 1. The summed E-state index contributed by atoms with van der Waals surface area (Å²) in [6.45, 7) is 8.38. The van der Waals surface area contributed by atoms with Crippen molar-refractivity contribution in [1.29, 1.82) is 0 Å². The van der Waals surface area contributed by atoms with Gasteiger partial charge in [0.2, 0.25) is 5.88 Å². The van der Waals surface area contributed by atoms with Crippen LogP contribution in [0.4, 0.5) is 0 Å². The van der Waals surface area contributed by atoms with Crippen molar-refractivity contribution in [2.45, 2.75) is 40.7 Å². The summed E-state index contributed by atoms with van der Waals surface area (Å²) in [6.07, 6.45) is 3.82. The number of carbonyl (C=O) groups excluding carboxylic acids is 1. The van der Waals surface area contributed by atoms with Crippen LogP contribution in [-0.4, -0.2) is 42.1 Å². The third-order valence-electron chi connectivity index (χ3n) is 5.14. The molecule has 0 atom stereocenters. The Morgan fingerprint density at radius 2 is 2.03 bits per heavy atom. The number of hydrogen-bond donors (Lipinski definition) is 1. The van der Waals surface area contributed by atoms with E-state index in [1.165, 1.54) is 13.1 Å². The first kappa shape index (κ1) is 22.3. The van der Waals surface area contributed by atoms with Gasteiger partial charge >= 0.3 is 0 Å². The van der Waals surface area contributed by atoms with Crippen LogP contribution in [0, 0.1) is 5.92 Å². The van der Waals surface area contributed by atoms with Crippen LogP contribution in [0.25, 0.3) is 22.4 Å². The highest BCUT2D eigenvalue weighted by Gasteiger charge is 2.20. The molecule has 0 unspecified atom stereocenters. The summed E-state index contributed by atoms with van der Waals surface area (Å²) in [5.41, 5.74) is 2.92. The first-order valence-electron chi connectivity index (χ1n) is 10.9. The molecule has 0 aromatic carbocycles. The third kappa shape index (κ3) is 4.67. The van der Waals surface area contributed by atoms with Crippen LogP contribution in [0.15, 0.2) is 41.5 Å². The van der Waals surface area contributed by atoms with Gasteiger partial charge in [-0.25, -0.2) is 9.97 Å². The average molecular weight is 447 g/mol. The molecule has 0 aliphatic carbocycles. The largest absolute Gasteiger partial charge is 0.477 e. The van der Waals surface area contributed by atoms with Crippen molar-refractivity contribution < 1.29 is 9.53 Å². The van der Waals surface area contributed by atoms with Crippen molar-refractivity contribution >= 4 is 16.8 Å². The highest BCUT2D eigenvalue weighted by Crippen LogP contribution is 2.28. The lowest BCUT2D eigenvalue weighted by Gasteiger charge is -2.12. The van der Waals surface area contributed by atoms with Crippen LogP contribution < -0.4 is 10.3 Å². The Hall–Kier alpha value is -3.88. The highest BCUT2D eigenvalue weighted by atomic mass is 16.5. The van der Waals surface area contributed by atoms with Crippen LogP contribution in [0.3, 0.4) is 0 Å². The molecular formula is C24H26N6O3. The Kier molecular flexibility index (Phi) is 6.30. The van der Waals surface area contributed by atoms with Crippen LogP contribution >= 0.6 is 0 Å². The van der Waals surface area contributed by atoms with E-state index in [4.69, 9.17) is 9.72 Å². The Morgan fingerprint density at radius 1 is 1.21 bits per heavy atom. The molecule has 4 heterocycles. The molecular weight excluding hydrogens is 420 g/mol. The summed E-state index contributed by atoms with van der Waals surface area (Å²) in [5.74, 6) is 0.738. The maximum atomic E-state index is 13.0. The maximum Gasteiger partial charge on any atom is 0.279 e. The standard InChI is InChI=1S/C24H26N6O3/c1-5-19-20-21(29-30(19)12-17-8-6-7-9-25-17)23(32)28-22(27-20)18-10-16(15(4)31)11-26-24(18)33-13-14(2)3/h6-11,14H,5,12-13H2,1-4H3,(H,27,28,32). The number of aromatic amines is 1. The number of rotatable bonds is 8. The zero-order valence-electron chi connectivity index (χ0n) is 19.1. The molecule has 0 saturated carbocycles. The minimum atomic E-state index is -0.368. The molecule has 0 aliphatic heterocycles. The average Bonchev–Trinajstić information content (AvgIpc) is 3.15. The molecule has 33 heavy (non-hydrogen) atoms. The van der Waals surface area contributed by atoms with Gasteiger partial charge in [0, 0.05) is 18.0 Å². The smallest absolute Gasteiger partial charge is 0.279 e. The number of ketones is 1. The van der Waals surface area contributed by atoms with E-state index in [0.717, 1.165) is 11.4 Å². The molecule has 0 aliphatic rings. The number of hydrogen-bond acceptors (Lipinski definition) is 7. The molecule has 0 saturated heterocycles. The maximum absolute atomic E-state index is 13.0. The van der Waals surface area contributed by atoms with Crippen molar-refractivity contribution in [3.05, 3.63) is 64.0 Å². The van der Waals surface area contributed by atoms with Crippen molar-refractivity contribution in [2.75, 3.05) is 6.61 Å². The number of fused-ring (bicyclic) bond motifs is 1. The van der Waals surface area contributed by atoms with Gasteiger partial charge in [0.15, 0.2) is 11.3 Å². The fraction of sp³-hybridized carbons (Fsp3) is 0.333. The number of pyridine rings is 2. The van der Waals surface area contributed by atoms with E-state index >= 15 is 0 Å². The van der Waals surface area contributed by atoms with Gasteiger partial charge < -0.3 is 9.72 Å². The molecule has 0 bridgehead atoms. The second-order valence-corrected chi connectivity index (χ2v) is 8.23. The molecule has 0 amide bonds. The normalized spacial score (nSPS) is 11.3. The molecule has 1 N–H and O–H groups in total. The molecule has 9 heteroatoms. The van der Waals surface area contributed by atoms with Gasteiger partial charge in [-0.05, 0) is 37.5 Å². The molecule has 9 nitrogen and oxygen atoms in total. The molecule has 4 aromatic heterocycles. The van der Waals surface area contributed by atoms with Crippen LogP contribution in [-0.2, 0) is 13.0 Å². The van der Waals surface area contributed by atoms with Gasteiger partial charge in [0.1, 0.15) is 11.3 Å². The third-order valence-corrected chi connectivity index (χ3v) is 5.14. The highest BCUT2D eigenvalue weighted by molar-refractivity contribution is 5.95. The Labute approximate surface area is 190 Å². The van der Waals surface area contributed by atoms with Gasteiger partial charge in [-0.3, -0.25) is 19.3 Å². The van der Waals surface area contributed by atoms with E-state index in [1.54, 1.807) is 16.9 Å². The van der Waals surface area contributed by atoms with Gasteiger partial charge in [-0.1, -0.05) is 26.8 Å². The van der Waals surface area contributed by atoms with Gasteiger partial charge in [-0.15, -0.1) is 0 Å². The van der Waals surface area contributed by atoms with Crippen molar-refractivity contribution in [3.8, 4) is 17.3 Å². The van der Waals surface area contributed by atoms with Crippen LogP contribution in [0.1, 0.15) is 49.4 Å². The Bertz CT molecular complexity index is 1360. The zero-order chi connectivity index (χ0) is 23.5. The Balaban J connectivity index is 1.86. The lowest BCUT2D eigenvalue weighted by Crippen LogP contribution is -2.12. The van der Waals surface area contributed by atoms with Crippen LogP contribution in [0.2, 0.25) is 0 Å². The van der Waals surface area contributed by atoms with Gasteiger partial charge in [0.25, 0.3) is 5.56 Å². The summed E-state index contributed by atoms with van der Waals surface area (Å²) in [7, 11) is 0. The predicted molar refractivity (Wildman–Crippen MR) is 124 cm³/mol. The quantitative estimate of drug-likeness (QED) is 0.412. The van der Waals surface area contributed by atoms with E-state index in [0.29, 0.717) is 42.1 Å². The monoisotopic (exact) mass is 446 g/mol. The van der Waals surface area contributed by atoms with Crippen molar-refractivity contribution in [1.82, 2.24) is 29.7 Å². The molecule has 0 radical (unpaired) electrons. The molecule has 4 rings (SSSR count). The van der Waals surface area contributed by atoms with Gasteiger partial charge in [-0.2, -0.15) is 5.10 Å². The Morgan fingerprint density at radius 3 is 2.70 bits per heavy atom. The summed E-state index contributed by atoms with van der Waals surface area (Å²) in [6, 6.07) is 7.32. The number of aromatic nitrogens is 6. The first-order chi connectivity index (χ1) is 15.9.